The number of hydrogen-bond donors (Lipinski definition) is 0. The first-order valence-electron chi connectivity index (χ1n) is 8.16. The van der Waals surface area contributed by atoms with E-state index in [2.05, 4.69) is 0 Å². The fourth-order valence-electron chi connectivity index (χ4n) is 3.14. The Kier molecular flexibility index (Phi) is 4.92. The topological polar surface area (TPSA) is 63.7 Å². The van der Waals surface area contributed by atoms with Gasteiger partial charge in [-0.05, 0) is 43.0 Å². The van der Waals surface area contributed by atoms with Gasteiger partial charge >= 0.3 is 5.97 Å². The summed E-state index contributed by atoms with van der Waals surface area (Å²) < 4.78 is 32.6. The molecule has 0 amide bonds. The lowest BCUT2D eigenvalue weighted by molar-refractivity contribution is -0.145. The first kappa shape index (κ1) is 17.6. The van der Waals surface area contributed by atoms with Crippen LogP contribution < -0.4 is 0 Å². The van der Waals surface area contributed by atoms with Crippen molar-refractivity contribution in [2.75, 3.05) is 7.11 Å². The van der Waals surface area contributed by atoms with Crippen LogP contribution in [-0.2, 0) is 32.5 Å². The van der Waals surface area contributed by atoms with Crippen molar-refractivity contribution in [1.29, 1.82) is 0 Å². The molecule has 2 aromatic carbocycles. The average molecular weight is 359 g/mol. The number of fused-ring (bicyclic) bond motifs is 1. The lowest BCUT2D eigenvalue weighted by Gasteiger charge is -2.27. The van der Waals surface area contributed by atoms with E-state index in [0.29, 0.717) is 12.8 Å². The van der Waals surface area contributed by atoms with Gasteiger partial charge in [-0.2, -0.15) is 4.31 Å². The average Bonchev–Trinajstić information content (AvgIpc) is 2.81. The van der Waals surface area contributed by atoms with Gasteiger partial charge in [0.25, 0.3) is 0 Å². The molecular weight excluding hydrogens is 338 g/mol. The fourth-order valence-corrected chi connectivity index (χ4v) is 4.73. The molecule has 6 heteroatoms. The van der Waals surface area contributed by atoms with E-state index in [9.17, 15) is 13.2 Å². The van der Waals surface area contributed by atoms with Crippen molar-refractivity contribution < 1.29 is 17.9 Å². The highest BCUT2D eigenvalue weighted by Gasteiger charge is 2.38. The van der Waals surface area contributed by atoms with Crippen LogP contribution in [0.2, 0.25) is 0 Å². The summed E-state index contributed by atoms with van der Waals surface area (Å²) in [6, 6.07) is 13.5. The second-order valence-corrected chi connectivity index (χ2v) is 8.10. The summed E-state index contributed by atoms with van der Waals surface area (Å²) in [6.07, 6.45) is 1.03. The molecule has 0 saturated carbocycles. The zero-order valence-corrected chi connectivity index (χ0v) is 15.1. The molecule has 0 radical (unpaired) electrons. The van der Waals surface area contributed by atoms with Crippen LogP contribution in [0, 0.1) is 6.92 Å². The van der Waals surface area contributed by atoms with E-state index in [1.54, 1.807) is 24.3 Å². The quantitative estimate of drug-likeness (QED) is 0.791. The molecule has 0 unspecified atom stereocenters. The highest BCUT2D eigenvalue weighted by atomic mass is 32.2. The van der Waals surface area contributed by atoms with Crippen molar-refractivity contribution in [3.05, 3.63) is 65.2 Å². The van der Waals surface area contributed by atoms with Gasteiger partial charge in [0.2, 0.25) is 10.0 Å². The molecule has 0 saturated heterocycles. The first-order valence-corrected chi connectivity index (χ1v) is 9.60. The zero-order chi connectivity index (χ0) is 18.0. The van der Waals surface area contributed by atoms with Gasteiger partial charge in [-0.3, -0.25) is 4.79 Å². The predicted molar refractivity (Wildman–Crippen MR) is 94.5 cm³/mol. The Labute approximate surface area is 148 Å². The van der Waals surface area contributed by atoms with Crippen molar-refractivity contribution in [3.8, 4) is 0 Å². The molecule has 1 aliphatic heterocycles. The number of methoxy groups -OCH3 is 1. The van der Waals surface area contributed by atoms with Crippen LogP contribution in [0.5, 0.6) is 0 Å². The molecule has 0 spiro atoms. The van der Waals surface area contributed by atoms with E-state index in [-0.39, 0.29) is 11.4 Å². The summed E-state index contributed by atoms with van der Waals surface area (Å²) in [5.74, 6) is -0.525. The van der Waals surface area contributed by atoms with Crippen LogP contribution >= 0.6 is 0 Å². The summed E-state index contributed by atoms with van der Waals surface area (Å²) in [5.41, 5.74) is 2.97. The molecule has 1 aliphatic rings. The number of benzene rings is 2. The van der Waals surface area contributed by atoms with E-state index in [0.717, 1.165) is 16.7 Å². The van der Waals surface area contributed by atoms with Crippen molar-refractivity contribution >= 4 is 16.0 Å². The Morgan fingerprint density at radius 2 is 1.72 bits per heavy atom. The third-order valence-corrected chi connectivity index (χ3v) is 6.45. The van der Waals surface area contributed by atoms with Crippen LogP contribution in [0.3, 0.4) is 0 Å². The second-order valence-electron chi connectivity index (χ2n) is 6.21. The lowest BCUT2D eigenvalue weighted by Crippen LogP contribution is -2.44. The molecule has 25 heavy (non-hydrogen) atoms. The molecule has 1 heterocycles. The van der Waals surface area contributed by atoms with E-state index < -0.39 is 22.0 Å². The van der Waals surface area contributed by atoms with Crippen molar-refractivity contribution in [2.24, 2.45) is 0 Å². The van der Waals surface area contributed by atoms with Gasteiger partial charge in [0, 0.05) is 6.54 Å². The van der Waals surface area contributed by atoms with E-state index >= 15 is 0 Å². The molecule has 0 bridgehead atoms. The van der Waals surface area contributed by atoms with Crippen LogP contribution in [0.15, 0.2) is 53.4 Å². The van der Waals surface area contributed by atoms with Gasteiger partial charge < -0.3 is 4.74 Å². The Morgan fingerprint density at radius 1 is 1.08 bits per heavy atom. The predicted octanol–water partition coefficient (Wildman–Crippen LogP) is 2.67. The minimum atomic E-state index is -3.82. The number of aryl methyl sites for hydroxylation is 2. The third-order valence-electron chi connectivity index (χ3n) is 4.58. The molecule has 2 aromatic rings. The number of rotatable bonds is 3. The van der Waals surface area contributed by atoms with E-state index in [4.69, 9.17) is 4.74 Å². The maximum absolute atomic E-state index is 13.2. The monoisotopic (exact) mass is 359 g/mol. The normalized spacial score (nSPS) is 18.2. The zero-order valence-electron chi connectivity index (χ0n) is 14.3. The Balaban J connectivity index is 2.07. The van der Waals surface area contributed by atoms with Gasteiger partial charge in [-0.25, -0.2) is 8.42 Å². The standard InChI is InChI=1S/C19H21NO4S/c1-14-7-10-17(11-8-14)25(22,23)20-13-16-6-4-3-5-15(16)9-12-18(20)19(21)24-2/h3-8,10-11,18H,9,12-13H2,1-2H3/t18-/m0/s1. The molecule has 0 fully saturated rings. The van der Waals surface area contributed by atoms with Gasteiger partial charge in [0.05, 0.1) is 12.0 Å². The summed E-state index contributed by atoms with van der Waals surface area (Å²) in [4.78, 5) is 12.5. The van der Waals surface area contributed by atoms with Gasteiger partial charge in [0.1, 0.15) is 6.04 Å². The van der Waals surface area contributed by atoms with Gasteiger partial charge in [0.15, 0.2) is 0 Å². The number of ether oxygens (including phenoxy) is 1. The largest absolute Gasteiger partial charge is 0.468 e. The molecule has 132 valence electrons. The number of sulfonamides is 1. The Morgan fingerprint density at radius 3 is 2.36 bits per heavy atom. The highest BCUT2D eigenvalue weighted by molar-refractivity contribution is 7.89. The van der Waals surface area contributed by atoms with Gasteiger partial charge in [-0.15, -0.1) is 0 Å². The summed E-state index contributed by atoms with van der Waals surface area (Å²) in [7, 11) is -2.53. The van der Waals surface area contributed by atoms with Crippen LogP contribution in [0.4, 0.5) is 0 Å². The second kappa shape index (κ2) is 6.98. The maximum atomic E-state index is 13.2. The van der Waals surface area contributed by atoms with E-state index in [1.807, 2.05) is 31.2 Å². The van der Waals surface area contributed by atoms with Crippen LogP contribution in [0.1, 0.15) is 23.1 Å². The van der Waals surface area contributed by atoms with Crippen molar-refractivity contribution in [3.63, 3.8) is 0 Å². The number of hydrogen-bond acceptors (Lipinski definition) is 4. The maximum Gasteiger partial charge on any atom is 0.324 e. The molecule has 1 atom stereocenters. The van der Waals surface area contributed by atoms with Crippen LogP contribution in [0.25, 0.3) is 0 Å². The number of nitrogens with zero attached hydrogens (tertiary/aromatic N) is 1. The summed E-state index contributed by atoms with van der Waals surface area (Å²) in [5, 5.41) is 0. The number of carbonyl (C=O) groups is 1. The minimum absolute atomic E-state index is 0.159. The Hall–Kier alpha value is -2.18. The van der Waals surface area contributed by atoms with E-state index in [1.165, 1.54) is 11.4 Å². The minimum Gasteiger partial charge on any atom is -0.468 e. The molecule has 5 nitrogen and oxygen atoms in total. The fraction of sp³-hybridized carbons (Fsp3) is 0.316. The number of carbonyl (C=O) groups excluding carboxylic acids is 1. The summed E-state index contributed by atoms with van der Waals surface area (Å²) in [6.45, 7) is 2.06. The Bertz CT molecular complexity index is 875. The van der Waals surface area contributed by atoms with Gasteiger partial charge in [-0.1, -0.05) is 42.0 Å². The molecule has 0 aliphatic carbocycles. The highest BCUT2D eigenvalue weighted by Crippen LogP contribution is 2.29. The molecule has 3 rings (SSSR count). The van der Waals surface area contributed by atoms with Crippen molar-refractivity contribution in [2.45, 2.75) is 37.2 Å². The molecule has 0 aromatic heterocycles. The molecular formula is C19H21NO4S. The molecule has 0 N–H and O–H groups in total. The third kappa shape index (κ3) is 3.45. The smallest absolute Gasteiger partial charge is 0.324 e. The number of esters is 1. The SMILES string of the molecule is COC(=O)[C@@H]1CCc2ccccc2CN1S(=O)(=O)c1ccc(C)cc1. The van der Waals surface area contributed by atoms with Crippen molar-refractivity contribution in [1.82, 2.24) is 4.31 Å². The summed E-state index contributed by atoms with van der Waals surface area (Å²) >= 11 is 0. The van der Waals surface area contributed by atoms with Crippen LogP contribution in [-0.4, -0.2) is 31.8 Å². The first-order chi connectivity index (χ1) is 11.9. The lowest BCUT2D eigenvalue weighted by atomic mass is 10.0.